The van der Waals surface area contributed by atoms with E-state index in [2.05, 4.69) is 5.32 Å². The molecule has 0 aliphatic heterocycles. The number of nitrogens with one attached hydrogen (secondary N) is 1. The molecule has 0 fully saturated rings. The Balaban J connectivity index is 2.49. The second kappa shape index (κ2) is 9.45. The number of nitrogens with two attached hydrogens (primary N) is 1. The number of halogens is 2. The first-order chi connectivity index (χ1) is 10.1. The van der Waals surface area contributed by atoms with Crippen molar-refractivity contribution in [2.75, 3.05) is 6.54 Å². The highest BCUT2D eigenvalue weighted by molar-refractivity contribution is 5.76. The standard InChI is InChI=1S/C16H24F2N2O/c1-2-15(13-11-12(17)8-9-14(13)18)20-16(21)7-5-3-4-6-10-19/h8-9,11,15H,2-7,10,19H2,1H3,(H,20,21). The predicted molar refractivity (Wildman–Crippen MR) is 79.7 cm³/mol. The van der Waals surface area contributed by atoms with Crippen LogP contribution in [0.1, 0.15) is 57.1 Å². The third-order valence-electron chi connectivity index (χ3n) is 3.43. The summed E-state index contributed by atoms with van der Waals surface area (Å²) in [5.74, 6) is -1.12. The average molecular weight is 298 g/mol. The highest BCUT2D eigenvalue weighted by Gasteiger charge is 2.17. The fourth-order valence-corrected chi connectivity index (χ4v) is 2.23. The van der Waals surface area contributed by atoms with Gasteiger partial charge in [0.25, 0.3) is 0 Å². The van der Waals surface area contributed by atoms with Crippen LogP contribution in [0.25, 0.3) is 0 Å². The van der Waals surface area contributed by atoms with Gasteiger partial charge in [-0.15, -0.1) is 0 Å². The van der Waals surface area contributed by atoms with Crippen LogP contribution in [-0.4, -0.2) is 12.5 Å². The van der Waals surface area contributed by atoms with E-state index in [1.54, 1.807) is 0 Å². The second-order valence-corrected chi connectivity index (χ2v) is 5.15. The van der Waals surface area contributed by atoms with Crippen LogP contribution in [0.15, 0.2) is 18.2 Å². The van der Waals surface area contributed by atoms with E-state index in [1.165, 1.54) is 0 Å². The van der Waals surface area contributed by atoms with Crippen molar-refractivity contribution in [3.05, 3.63) is 35.4 Å². The molecule has 3 N–H and O–H groups in total. The zero-order chi connectivity index (χ0) is 15.7. The molecule has 1 unspecified atom stereocenters. The molecule has 1 rings (SSSR count). The van der Waals surface area contributed by atoms with E-state index in [9.17, 15) is 13.6 Å². The van der Waals surface area contributed by atoms with E-state index in [0.29, 0.717) is 19.4 Å². The van der Waals surface area contributed by atoms with Gasteiger partial charge in [-0.2, -0.15) is 0 Å². The molecule has 0 radical (unpaired) electrons. The van der Waals surface area contributed by atoms with Gasteiger partial charge >= 0.3 is 0 Å². The average Bonchev–Trinajstić information content (AvgIpc) is 2.47. The quantitative estimate of drug-likeness (QED) is 0.686. The summed E-state index contributed by atoms with van der Waals surface area (Å²) >= 11 is 0. The molecule has 1 aromatic rings. The van der Waals surface area contributed by atoms with Gasteiger partial charge in [0, 0.05) is 12.0 Å². The number of unbranched alkanes of at least 4 members (excludes halogenated alkanes) is 3. The molecule has 1 amide bonds. The summed E-state index contributed by atoms with van der Waals surface area (Å²) in [7, 11) is 0. The van der Waals surface area contributed by atoms with Crippen LogP contribution < -0.4 is 11.1 Å². The van der Waals surface area contributed by atoms with Crippen LogP contribution in [0.4, 0.5) is 8.78 Å². The lowest BCUT2D eigenvalue weighted by atomic mass is 10.0. The summed E-state index contributed by atoms with van der Waals surface area (Å²) in [6.45, 7) is 2.50. The molecule has 0 spiro atoms. The van der Waals surface area contributed by atoms with Crippen molar-refractivity contribution < 1.29 is 13.6 Å². The Morgan fingerprint density at radius 2 is 1.95 bits per heavy atom. The Kier molecular flexibility index (Phi) is 7.90. The maximum atomic E-state index is 13.7. The lowest BCUT2D eigenvalue weighted by molar-refractivity contribution is -0.122. The van der Waals surface area contributed by atoms with Gasteiger partial charge in [-0.25, -0.2) is 8.78 Å². The number of hydrogen-bond donors (Lipinski definition) is 2. The number of carbonyl (C=O) groups excluding carboxylic acids is 1. The van der Waals surface area contributed by atoms with E-state index < -0.39 is 17.7 Å². The van der Waals surface area contributed by atoms with Crippen LogP contribution in [0, 0.1) is 11.6 Å². The number of rotatable bonds is 9. The van der Waals surface area contributed by atoms with Crippen LogP contribution >= 0.6 is 0 Å². The fraction of sp³-hybridized carbons (Fsp3) is 0.562. The van der Waals surface area contributed by atoms with Gasteiger partial charge < -0.3 is 11.1 Å². The maximum absolute atomic E-state index is 13.7. The molecule has 0 saturated carbocycles. The van der Waals surface area contributed by atoms with Crippen LogP contribution in [0.2, 0.25) is 0 Å². The van der Waals surface area contributed by atoms with Crippen molar-refractivity contribution in [2.24, 2.45) is 5.73 Å². The third kappa shape index (κ3) is 6.21. The zero-order valence-corrected chi connectivity index (χ0v) is 12.5. The maximum Gasteiger partial charge on any atom is 0.220 e. The number of amides is 1. The van der Waals surface area contributed by atoms with Crippen LogP contribution in [0.5, 0.6) is 0 Å². The van der Waals surface area contributed by atoms with E-state index >= 15 is 0 Å². The van der Waals surface area contributed by atoms with Crippen molar-refractivity contribution in [3.63, 3.8) is 0 Å². The Morgan fingerprint density at radius 1 is 1.24 bits per heavy atom. The predicted octanol–water partition coefficient (Wildman–Crippen LogP) is 3.44. The molecule has 3 nitrogen and oxygen atoms in total. The Labute approximate surface area is 124 Å². The first kappa shape index (κ1) is 17.6. The lowest BCUT2D eigenvalue weighted by Gasteiger charge is -2.18. The van der Waals surface area contributed by atoms with E-state index in [1.807, 2.05) is 6.92 Å². The van der Waals surface area contributed by atoms with E-state index in [4.69, 9.17) is 5.73 Å². The number of benzene rings is 1. The molecule has 0 aromatic heterocycles. The summed E-state index contributed by atoms with van der Waals surface area (Å²) in [6, 6.07) is 2.82. The Morgan fingerprint density at radius 3 is 2.62 bits per heavy atom. The van der Waals surface area contributed by atoms with E-state index in [-0.39, 0.29) is 11.5 Å². The minimum atomic E-state index is -0.499. The molecule has 118 valence electrons. The van der Waals surface area contributed by atoms with Crippen molar-refractivity contribution in [2.45, 2.75) is 51.5 Å². The van der Waals surface area contributed by atoms with Crippen molar-refractivity contribution in [3.8, 4) is 0 Å². The number of hydrogen-bond acceptors (Lipinski definition) is 2. The molecule has 0 aliphatic carbocycles. The van der Waals surface area contributed by atoms with Crippen molar-refractivity contribution >= 4 is 5.91 Å². The molecule has 0 heterocycles. The van der Waals surface area contributed by atoms with Gasteiger partial charge in [0.1, 0.15) is 11.6 Å². The largest absolute Gasteiger partial charge is 0.349 e. The van der Waals surface area contributed by atoms with Gasteiger partial charge in [-0.05, 0) is 44.0 Å². The minimum Gasteiger partial charge on any atom is -0.349 e. The van der Waals surface area contributed by atoms with Gasteiger partial charge in [0.2, 0.25) is 5.91 Å². The van der Waals surface area contributed by atoms with Crippen LogP contribution in [0.3, 0.4) is 0 Å². The molecule has 5 heteroatoms. The highest BCUT2D eigenvalue weighted by Crippen LogP contribution is 2.21. The SMILES string of the molecule is CCC(NC(=O)CCCCCCN)c1cc(F)ccc1F. The summed E-state index contributed by atoms with van der Waals surface area (Å²) in [5, 5.41) is 2.77. The first-order valence-electron chi connectivity index (χ1n) is 7.52. The normalized spacial score (nSPS) is 12.2. The van der Waals surface area contributed by atoms with Gasteiger partial charge in [-0.3, -0.25) is 4.79 Å². The van der Waals surface area contributed by atoms with Crippen molar-refractivity contribution in [1.29, 1.82) is 0 Å². The third-order valence-corrected chi connectivity index (χ3v) is 3.43. The molecule has 21 heavy (non-hydrogen) atoms. The molecule has 0 saturated heterocycles. The zero-order valence-electron chi connectivity index (χ0n) is 12.5. The molecule has 1 atom stereocenters. The smallest absolute Gasteiger partial charge is 0.220 e. The molecular weight excluding hydrogens is 274 g/mol. The van der Waals surface area contributed by atoms with Crippen LogP contribution in [-0.2, 0) is 4.79 Å². The fourth-order valence-electron chi connectivity index (χ4n) is 2.23. The van der Waals surface area contributed by atoms with Crippen molar-refractivity contribution in [1.82, 2.24) is 5.32 Å². The first-order valence-corrected chi connectivity index (χ1v) is 7.52. The second-order valence-electron chi connectivity index (χ2n) is 5.15. The summed E-state index contributed by atoms with van der Waals surface area (Å²) in [6.07, 6.45) is 4.63. The summed E-state index contributed by atoms with van der Waals surface area (Å²) in [5.41, 5.74) is 5.60. The lowest BCUT2D eigenvalue weighted by Crippen LogP contribution is -2.28. The minimum absolute atomic E-state index is 0.127. The molecule has 0 aliphatic rings. The summed E-state index contributed by atoms with van der Waals surface area (Å²) < 4.78 is 26.9. The van der Waals surface area contributed by atoms with Gasteiger partial charge in [0.15, 0.2) is 0 Å². The topological polar surface area (TPSA) is 55.1 Å². The van der Waals surface area contributed by atoms with E-state index in [0.717, 1.165) is 43.9 Å². The summed E-state index contributed by atoms with van der Waals surface area (Å²) in [4.78, 5) is 11.9. The Bertz CT molecular complexity index is 452. The highest BCUT2D eigenvalue weighted by atomic mass is 19.1. The van der Waals surface area contributed by atoms with Gasteiger partial charge in [0.05, 0.1) is 6.04 Å². The van der Waals surface area contributed by atoms with Gasteiger partial charge in [-0.1, -0.05) is 19.8 Å². The molecule has 1 aromatic carbocycles. The monoisotopic (exact) mass is 298 g/mol. The Hall–Kier alpha value is -1.49. The number of carbonyl (C=O) groups is 1. The molecule has 0 bridgehead atoms. The molecular formula is C16H24F2N2O.